The summed E-state index contributed by atoms with van der Waals surface area (Å²) in [6, 6.07) is 13.8. The zero-order valence-electron chi connectivity index (χ0n) is 15.6. The number of piperidine rings is 1. The third-order valence-corrected chi connectivity index (χ3v) is 4.87. The van der Waals surface area contributed by atoms with Crippen LogP contribution in [0, 0.1) is 0 Å². The first-order valence-corrected chi connectivity index (χ1v) is 9.53. The summed E-state index contributed by atoms with van der Waals surface area (Å²) in [6.07, 6.45) is 1.37. The fourth-order valence-corrected chi connectivity index (χ4v) is 3.43. The molecule has 0 unspecified atom stereocenters. The number of hydrogen-bond acceptors (Lipinski definition) is 3. The molecule has 1 saturated heterocycles. The maximum absolute atomic E-state index is 12.7. The Balaban J connectivity index is 1.55. The Labute approximate surface area is 168 Å². The molecule has 6 nitrogen and oxygen atoms in total. The quantitative estimate of drug-likeness (QED) is 0.827. The van der Waals surface area contributed by atoms with Crippen molar-refractivity contribution in [1.82, 2.24) is 10.2 Å². The molecule has 1 heterocycles. The summed E-state index contributed by atoms with van der Waals surface area (Å²) < 4.78 is 0. The molecule has 1 aliphatic heterocycles. The molecular weight excluding hydrogens is 378 g/mol. The first-order chi connectivity index (χ1) is 13.4. The van der Waals surface area contributed by atoms with Gasteiger partial charge in [-0.05, 0) is 49.2 Å². The van der Waals surface area contributed by atoms with Gasteiger partial charge in [-0.3, -0.25) is 14.4 Å². The maximum atomic E-state index is 12.7. The van der Waals surface area contributed by atoms with Gasteiger partial charge in [0.1, 0.15) is 0 Å². The van der Waals surface area contributed by atoms with Crippen LogP contribution in [-0.2, 0) is 4.79 Å². The lowest BCUT2D eigenvalue weighted by molar-refractivity contribution is -0.114. The number of carbonyl (C=O) groups excluding carboxylic acids is 3. The maximum Gasteiger partial charge on any atom is 0.253 e. The van der Waals surface area contributed by atoms with Crippen LogP contribution in [0.25, 0.3) is 0 Å². The normalized spacial score (nSPS) is 14.4. The van der Waals surface area contributed by atoms with Crippen LogP contribution in [0.2, 0.25) is 5.02 Å². The largest absolute Gasteiger partial charge is 0.349 e. The summed E-state index contributed by atoms with van der Waals surface area (Å²) in [5, 5.41) is 6.22. The molecule has 3 rings (SSSR count). The molecular formula is C21H22ClN3O3. The zero-order valence-corrected chi connectivity index (χ0v) is 16.3. The number of benzene rings is 2. The van der Waals surface area contributed by atoms with Crippen LogP contribution in [0.5, 0.6) is 0 Å². The average molecular weight is 400 g/mol. The Bertz CT molecular complexity index is 892. The van der Waals surface area contributed by atoms with Crippen LogP contribution < -0.4 is 10.6 Å². The van der Waals surface area contributed by atoms with Crippen molar-refractivity contribution < 1.29 is 14.4 Å². The second-order valence-electron chi connectivity index (χ2n) is 6.81. The highest BCUT2D eigenvalue weighted by Gasteiger charge is 2.25. The summed E-state index contributed by atoms with van der Waals surface area (Å²) >= 11 is 5.94. The molecule has 1 fully saturated rings. The highest BCUT2D eigenvalue weighted by Crippen LogP contribution is 2.18. The molecule has 2 aromatic carbocycles. The molecule has 28 heavy (non-hydrogen) atoms. The minimum absolute atomic E-state index is 0.0150. The van der Waals surface area contributed by atoms with Gasteiger partial charge in [-0.2, -0.15) is 0 Å². The number of likely N-dealkylation sites (tertiary alicyclic amines) is 1. The van der Waals surface area contributed by atoms with E-state index < -0.39 is 0 Å². The number of nitrogens with zero attached hydrogens (tertiary/aromatic N) is 1. The molecule has 2 N–H and O–H groups in total. The molecule has 0 aliphatic carbocycles. The molecule has 7 heteroatoms. The molecule has 0 bridgehead atoms. The number of anilines is 1. The van der Waals surface area contributed by atoms with Crippen LogP contribution in [0.4, 0.5) is 5.69 Å². The molecule has 0 aromatic heterocycles. The average Bonchev–Trinajstić information content (AvgIpc) is 2.68. The van der Waals surface area contributed by atoms with Crippen LogP contribution in [-0.4, -0.2) is 41.8 Å². The van der Waals surface area contributed by atoms with Crippen molar-refractivity contribution in [3.8, 4) is 0 Å². The molecule has 1 aliphatic rings. The topological polar surface area (TPSA) is 78.5 Å². The molecule has 0 radical (unpaired) electrons. The lowest BCUT2D eigenvalue weighted by Gasteiger charge is -2.32. The first-order valence-electron chi connectivity index (χ1n) is 9.16. The Hall–Kier alpha value is -2.86. The van der Waals surface area contributed by atoms with Gasteiger partial charge in [0.25, 0.3) is 11.8 Å². The molecule has 0 spiro atoms. The number of halogens is 1. The summed E-state index contributed by atoms with van der Waals surface area (Å²) in [5.74, 6) is -0.414. The van der Waals surface area contributed by atoms with Gasteiger partial charge in [0.05, 0.1) is 0 Å². The van der Waals surface area contributed by atoms with E-state index in [1.165, 1.54) is 6.92 Å². The second-order valence-corrected chi connectivity index (χ2v) is 7.25. The summed E-state index contributed by atoms with van der Waals surface area (Å²) in [5.41, 5.74) is 1.66. The number of carbonyl (C=O) groups is 3. The van der Waals surface area contributed by atoms with Crippen LogP contribution in [0.15, 0.2) is 48.5 Å². The summed E-state index contributed by atoms with van der Waals surface area (Å²) in [4.78, 5) is 38.0. The minimum Gasteiger partial charge on any atom is -0.349 e. The smallest absolute Gasteiger partial charge is 0.253 e. The Morgan fingerprint density at radius 1 is 1.00 bits per heavy atom. The van der Waals surface area contributed by atoms with Crippen LogP contribution in [0.3, 0.4) is 0 Å². The number of nitrogens with one attached hydrogen (secondary N) is 2. The summed E-state index contributed by atoms with van der Waals surface area (Å²) in [6.45, 7) is 2.55. The Morgan fingerprint density at radius 2 is 1.68 bits per heavy atom. The van der Waals surface area contributed by atoms with E-state index in [1.54, 1.807) is 53.4 Å². The number of hydrogen-bond donors (Lipinski definition) is 2. The van der Waals surface area contributed by atoms with Crippen molar-refractivity contribution in [2.75, 3.05) is 18.4 Å². The van der Waals surface area contributed by atoms with Crippen molar-refractivity contribution in [3.63, 3.8) is 0 Å². The fourth-order valence-electron chi connectivity index (χ4n) is 3.24. The lowest BCUT2D eigenvalue weighted by Crippen LogP contribution is -2.46. The van der Waals surface area contributed by atoms with Crippen molar-refractivity contribution in [1.29, 1.82) is 0 Å². The molecule has 2 aromatic rings. The van der Waals surface area contributed by atoms with E-state index in [0.29, 0.717) is 47.8 Å². The van der Waals surface area contributed by atoms with Crippen molar-refractivity contribution in [2.24, 2.45) is 0 Å². The predicted octanol–water partition coefficient (Wildman–Crippen LogP) is 3.33. The minimum atomic E-state index is -0.180. The monoisotopic (exact) mass is 399 g/mol. The van der Waals surface area contributed by atoms with Gasteiger partial charge < -0.3 is 15.5 Å². The van der Waals surface area contributed by atoms with E-state index in [-0.39, 0.29) is 23.8 Å². The van der Waals surface area contributed by atoms with E-state index >= 15 is 0 Å². The third-order valence-electron chi connectivity index (χ3n) is 4.63. The van der Waals surface area contributed by atoms with Crippen molar-refractivity contribution >= 4 is 35.0 Å². The Kier molecular flexibility index (Phi) is 6.31. The van der Waals surface area contributed by atoms with E-state index in [1.807, 2.05) is 0 Å². The van der Waals surface area contributed by atoms with Gasteiger partial charge >= 0.3 is 0 Å². The lowest BCUT2D eigenvalue weighted by atomic mass is 10.0. The predicted molar refractivity (Wildman–Crippen MR) is 109 cm³/mol. The van der Waals surface area contributed by atoms with Gasteiger partial charge in [0, 0.05) is 47.9 Å². The number of rotatable bonds is 4. The van der Waals surface area contributed by atoms with Crippen molar-refractivity contribution in [3.05, 3.63) is 64.7 Å². The SMILES string of the molecule is CC(=O)Nc1cccc(C(=O)N2CCC(NC(=O)c3cccc(Cl)c3)CC2)c1. The van der Waals surface area contributed by atoms with Crippen LogP contribution >= 0.6 is 11.6 Å². The molecule has 0 atom stereocenters. The Morgan fingerprint density at radius 3 is 2.36 bits per heavy atom. The van der Waals surface area contributed by atoms with Gasteiger partial charge in [-0.1, -0.05) is 23.7 Å². The highest BCUT2D eigenvalue weighted by atomic mass is 35.5. The van der Waals surface area contributed by atoms with E-state index in [2.05, 4.69) is 10.6 Å². The van der Waals surface area contributed by atoms with E-state index in [9.17, 15) is 14.4 Å². The van der Waals surface area contributed by atoms with Crippen LogP contribution in [0.1, 0.15) is 40.5 Å². The third kappa shape index (κ3) is 5.10. The van der Waals surface area contributed by atoms with Gasteiger partial charge in [0.2, 0.25) is 5.91 Å². The first kappa shape index (κ1) is 19.9. The molecule has 0 saturated carbocycles. The zero-order chi connectivity index (χ0) is 20.1. The van der Waals surface area contributed by atoms with E-state index in [4.69, 9.17) is 11.6 Å². The van der Waals surface area contributed by atoms with Gasteiger partial charge in [0.15, 0.2) is 0 Å². The fraction of sp³-hybridized carbons (Fsp3) is 0.286. The number of amides is 3. The van der Waals surface area contributed by atoms with Crippen molar-refractivity contribution in [2.45, 2.75) is 25.8 Å². The van der Waals surface area contributed by atoms with Gasteiger partial charge in [-0.15, -0.1) is 0 Å². The highest BCUT2D eigenvalue weighted by molar-refractivity contribution is 6.30. The van der Waals surface area contributed by atoms with Gasteiger partial charge in [-0.25, -0.2) is 0 Å². The molecule has 3 amide bonds. The molecule has 146 valence electrons. The summed E-state index contributed by atoms with van der Waals surface area (Å²) in [7, 11) is 0. The standard InChI is InChI=1S/C21H22ClN3O3/c1-14(26)23-19-7-3-5-16(13-19)21(28)25-10-8-18(9-11-25)24-20(27)15-4-2-6-17(22)12-15/h2-7,12-13,18H,8-11H2,1H3,(H,23,26)(H,24,27). The van der Waals surface area contributed by atoms with E-state index in [0.717, 1.165) is 0 Å². The second kappa shape index (κ2) is 8.89.